The number of anilines is 1. The van der Waals surface area contributed by atoms with Crippen LogP contribution in [0.15, 0.2) is 17.0 Å². The highest BCUT2D eigenvalue weighted by molar-refractivity contribution is 7.89. The van der Waals surface area contributed by atoms with E-state index in [1.54, 1.807) is 0 Å². The third-order valence-corrected chi connectivity index (χ3v) is 3.91. The van der Waals surface area contributed by atoms with Crippen LogP contribution in [0.2, 0.25) is 0 Å². The van der Waals surface area contributed by atoms with Crippen molar-refractivity contribution >= 4 is 21.6 Å². The van der Waals surface area contributed by atoms with Crippen molar-refractivity contribution in [3.63, 3.8) is 0 Å². The van der Waals surface area contributed by atoms with Crippen molar-refractivity contribution < 1.29 is 22.0 Å². The van der Waals surface area contributed by atoms with E-state index >= 15 is 0 Å². The lowest BCUT2D eigenvalue weighted by Crippen LogP contribution is -2.43. The zero-order valence-electron chi connectivity index (χ0n) is 10.2. The van der Waals surface area contributed by atoms with Crippen LogP contribution in [-0.4, -0.2) is 27.4 Å². The van der Waals surface area contributed by atoms with Gasteiger partial charge in [-0.25, -0.2) is 17.2 Å². The smallest absolute Gasteiger partial charge is 0.244 e. The summed E-state index contributed by atoms with van der Waals surface area (Å²) in [5, 5.41) is 2.23. The summed E-state index contributed by atoms with van der Waals surface area (Å²) in [4.78, 5) is 10.4. The molecule has 0 heterocycles. The number of rotatable bonds is 4. The molecule has 0 aliphatic rings. The molecule has 0 fully saturated rings. The monoisotopic (exact) mass is 293 g/mol. The highest BCUT2D eigenvalue weighted by Crippen LogP contribution is 2.22. The van der Waals surface area contributed by atoms with Crippen LogP contribution in [-0.2, 0) is 14.8 Å². The number of nitrogens with two attached hydrogens (primary N) is 1. The Bertz CT molecular complexity index is 604. The van der Waals surface area contributed by atoms with Gasteiger partial charge in [-0.05, 0) is 19.1 Å². The molecule has 1 unspecified atom stereocenters. The Balaban J connectivity index is 3.15. The summed E-state index contributed by atoms with van der Waals surface area (Å²) >= 11 is 0. The van der Waals surface area contributed by atoms with E-state index in [0.29, 0.717) is 0 Å². The molecule has 0 radical (unpaired) electrons. The summed E-state index contributed by atoms with van der Waals surface area (Å²) < 4.78 is 52.2. The average Bonchev–Trinajstić information content (AvgIpc) is 2.33. The molecule has 1 aromatic carbocycles. The highest BCUT2D eigenvalue weighted by Gasteiger charge is 2.26. The van der Waals surface area contributed by atoms with Gasteiger partial charge in [0.15, 0.2) is 5.82 Å². The van der Waals surface area contributed by atoms with Crippen LogP contribution in [0.4, 0.5) is 14.5 Å². The average molecular weight is 293 g/mol. The summed E-state index contributed by atoms with van der Waals surface area (Å²) in [6.07, 6.45) is 0. The number of amides is 1. The van der Waals surface area contributed by atoms with Crippen LogP contribution in [0.1, 0.15) is 6.92 Å². The van der Waals surface area contributed by atoms with E-state index in [2.05, 4.69) is 5.32 Å². The first-order chi connectivity index (χ1) is 8.70. The fourth-order valence-corrected chi connectivity index (χ4v) is 2.62. The lowest BCUT2D eigenvalue weighted by molar-refractivity contribution is -0.121. The molecule has 1 amide bonds. The number of hydrogen-bond donors (Lipinski definition) is 3. The van der Waals surface area contributed by atoms with Gasteiger partial charge in [-0.1, -0.05) is 0 Å². The first-order valence-electron chi connectivity index (χ1n) is 5.18. The van der Waals surface area contributed by atoms with Crippen molar-refractivity contribution in [3.05, 3.63) is 23.8 Å². The Morgan fingerprint density at radius 3 is 2.47 bits per heavy atom. The maximum absolute atomic E-state index is 13.6. The first-order valence-corrected chi connectivity index (χ1v) is 6.66. The minimum absolute atomic E-state index is 0.598. The molecule has 0 aliphatic heterocycles. The van der Waals surface area contributed by atoms with Gasteiger partial charge in [0.05, 0.1) is 6.04 Å². The molecule has 0 saturated heterocycles. The van der Waals surface area contributed by atoms with E-state index < -0.39 is 44.2 Å². The highest BCUT2D eigenvalue weighted by atomic mass is 32.2. The topological polar surface area (TPSA) is 101 Å². The molecular weight excluding hydrogens is 280 g/mol. The second-order valence-electron chi connectivity index (χ2n) is 3.73. The lowest BCUT2D eigenvalue weighted by Gasteiger charge is -2.13. The number of likely N-dealkylation sites (N-methyl/N-ethyl adjacent to an activating group) is 1. The van der Waals surface area contributed by atoms with E-state index in [0.717, 1.165) is 12.1 Å². The van der Waals surface area contributed by atoms with E-state index in [1.165, 1.54) is 14.0 Å². The second kappa shape index (κ2) is 5.49. The quantitative estimate of drug-likeness (QED) is 0.678. The fourth-order valence-electron chi connectivity index (χ4n) is 1.32. The molecule has 106 valence electrons. The number of carbonyl (C=O) groups is 1. The molecule has 0 spiro atoms. The second-order valence-corrected chi connectivity index (χ2v) is 5.41. The van der Waals surface area contributed by atoms with Crippen LogP contribution in [0.3, 0.4) is 0 Å². The van der Waals surface area contributed by atoms with Gasteiger partial charge in [-0.15, -0.1) is 0 Å². The van der Waals surface area contributed by atoms with Gasteiger partial charge in [0.25, 0.3) is 0 Å². The van der Waals surface area contributed by atoms with Crippen LogP contribution >= 0.6 is 0 Å². The van der Waals surface area contributed by atoms with Crippen molar-refractivity contribution in [3.8, 4) is 0 Å². The summed E-state index contributed by atoms with van der Waals surface area (Å²) in [5.41, 5.74) is 4.18. The minimum Gasteiger partial charge on any atom is -0.394 e. The number of benzene rings is 1. The Morgan fingerprint density at radius 2 is 1.95 bits per heavy atom. The molecule has 4 N–H and O–H groups in total. The number of halogens is 2. The van der Waals surface area contributed by atoms with Crippen molar-refractivity contribution in [2.45, 2.75) is 17.9 Å². The standard InChI is InChI=1S/C10H13F2N3O3S/c1-5(10(16)14-2)15-19(17,18)7-4-3-6(11)9(13)8(7)12/h3-5,15H,13H2,1-2H3,(H,14,16). The third-order valence-electron chi connectivity index (χ3n) is 2.35. The van der Waals surface area contributed by atoms with Crippen LogP contribution in [0.5, 0.6) is 0 Å². The summed E-state index contributed by atoms with van der Waals surface area (Å²) in [5.74, 6) is -3.05. The van der Waals surface area contributed by atoms with Gasteiger partial charge in [0.1, 0.15) is 16.4 Å². The molecule has 0 bridgehead atoms. The molecule has 19 heavy (non-hydrogen) atoms. The molecule has 1 atom stereocenters. The number of sulfonamides is 1. The molecule has 9 heteroatoms. The molecular formula is C10H13F2N3O3S. The van der Waals surface area contributed by atoms with E-state index in [9.17, 15) is 22.0 Å². The predicted molar refractivity (Wildman–Crippen MR) is 64.6 cm³/mol. The maximum atomic E-state index is 13.6. The van der Waals surface area contributed by atoms with E-state index in [-0.39, 0.29) is 0 Å². The van der Waals surface area contributed by atoms with Crippen LogP contribution < -0.4 is 15.8 Å². The number of hydrogen-bond acceptors (Lipinski definition) is 4. The van der Waals surface area contributed by atoms with Gasteiger partial charge in [-0.3, -0.25) is 4.79 Å². The fraction of sp³-hybridized carbons (Fsp3) is 0.300. The normalized spacial score (nSPS) is 13.1. The summed E-state index contributed by atoms with van der Waals surface area (Å²) in [6.45, 7) is 1.28. The SMILES string of the molecule is CNC(=O)C(C)NS(=O)(=O)c1ccc(F)c(N)c1F. The molecule has 1 rings (SSSR count). The van der Waals surface area contributed by atoms with E-state index in [1.807, 2.05) is 4.72 Å². The zero-order chi connectivity index (χ0) is 14.8. The van der Waals surface area contributed by atoms with Gasteiger partial charge in [-0.2, -0.15) is 4.72 Å². The summed E-state index contributed by atoms with van der Waals surface area (Å²) in [7, 11) is -2.99. The zero-order valence-corrected chi connectivity index (χ0v) is 11.0. The Morgan fingerprint density at radius 1 is 1.37 bits per heavy atom. The van der Waals surface area contributed by atoms with Crippen molar-refractivity contribution in [1.29, 1.82) is 0 Å². The van der Waals surface area contributed by atoms with Crippen LogP contribution in [0.25, 0.3) is 0 Å². The third kappa shape index (κ3) is 3.18. The molecule has 6 nitrogen and oxygen atoms in total. The van der Waals surface area contributed by atoms with Gasteiger partial charge >= 0.3 is 0 Å². The van der Waals surface area contributed by atoms with Gasteiger partial charge < -0.3 is 11.1 Å². The van der Waals surface area contributed by atoms with Crippen molar-refractivity contribution in [2.75, 3.05) is 12.8 Å². The molecule has 1 aromatic rings. The largest absolute Gasteiger partial charge is 0.394 e. The molecule has 0 saturated carbocycles. The Labute approximate surface area is 109 Å². The number of nitrogens with one attached hydrogen (secondary N) is 2. The van der Waals surface area contributed by atoms with Crippen molar-refractivity contribution in [2.24, 2.45) is 0 Å². The maximum Gasteiger partial charge on any atom is 0.244 e. The lowest BCUT2D eigenvalue weighted by atomic mass is 10.3. The predicted octanol–water partition coefficient (Wildman–Crippen LogP) is -0.0402. The first kappa shape index (κ1) is 15.3. The van der Waals surface area contributed by atoms with E-state index in [4.69, 9.17) is 5.73 Å². The summed E-state index contributed by atoms with van der Waals surface area (Å²) in [6, 6.07) is 0.359. The van der Waals surface area contributed by atoms with Gasteiger partial charge in [0, 0.05) is 7.05 Å². The molecule has 0 aliphatic carbocycles. The van der Waals surface area contributed by atoms with Gasteiger partial charge in [0.2, 0.25) is 15.9 Å². The minimum atomic E-state index is -4.32. The molecule has 0 aromatic heterocycles. The number of carbonyl (C=O) groups excluding carboxylic acids is 1. The van der Waals surface area contributed by atoms with Crippen molar-refractivity contribution in [1.82, 2.24) is 10.0 Å². The van der Waals surface area contributed by atoms with Crippen LogP contribution in [0, 0.1) is 11.6 Å². The Hall–Kier alpha value is -1.74. The number of nitrogen functional groups attached to an aromatic ring is 1. The Kier molecular flexibility index (Phi) is 4.43.